The van der Waals surface area contributed by atoms with E-state index in [1.807, 2.05) is 4.90 Å². The molecule has 0 bridgehead atoms. The Bertz CT molecular complexity index is 1910. The van der Waals surface area contributed by atoms with E-state index >= 15 is 0 Å². The van der Waals surface area contributed by atoms with Crippen molar-refractivity contribution in [3.8, 4) is 11.5 Å². The molecule has 1 N–H and O–H groups in total. The highest BCUT2D eigenvalue weighted by Gasteiger charge is 2.45. The summed E-state index contributed by atoms with van der Waals surface area (Å²) in [5.41, 5.74) is 1.93. The number of pyridine rings is 1. The molecule has 52 heavy (non-hydrogen) atoms. The minimum absolute atomic E-state index is 0. The average Bonchev–Trinajstić information content (AvgIpc) is 3.88. The van der Waals surface area contributed by atoms with Crippen LogP contribution in [-0.2, 0) is 26.1 Å². The number of halogens is 2. The number of hydrogen-bond acceptors (Lipinski definition) is 12. The Kier molecular flexibility index (Phi) is 10.4. The lowest BCUT2D eigenvalue weighted by molar-refractivity contribution is -0.137. The molecule has 1 spiro atoms. The smallest absolute Gasteiger partial charge is 0.322 e. The van der Waals surface area contributed by atoms with Crippen molar-refractivity contribution >= 4 is 45.0 Å². The summed E-state index contributed by atoms with van der Waals surface area (Å²) < 4.78 is 72.0. The molecular formula is C35H45F2N7O7S. The lowest BCUT2D eigenvalue weighted by Gasteiger charge is -2.35. The van der Waals surface area contributed by atoms with E-state index in [9.17, 15) is 26.8 Å². The first-order chi connectivity index (χ1) is 24.7. The van der Waals surface area contributed by atoms with Crippen LogP contribution in [0.4, 0.5) is 31.9 Å². The van der Waals surface area contributed by atoms with E-state index in [-0.39, 0.29) is 57.1 Å². The topological polar surface area (TPSA) is 156 Å². The molecule has 1 aromatic carbocycles. The fraction of sp³-hybridized carbons (Fsp3) is 0.514. The van der Waals surface area contributed by atoms with Crippen molar-refractivity contribution in [2.75, 3.05) is 72.7 Å². The van der Waals surface area contributed by atoms with Crippen molar-refractivity contribution in [3.63, 3.8) is 0 Å². The molecule has 2 saturated heterocycles. The number of aryl methyl sites for hydroxylation is 1. The first-order valence-electron chi connectivity index (χ1n) is 17.1. The largest absolute Gasteiger partial charge is 0.497 e. The summed E-state index contributed by atoms with van der Waals surface area (Å²) in [6.07, 6.45) is 4.77. The highest BCUT2D eigenvalue weighted by molar-refractivity contribution is 7.93. The molecule has 14 nitrogen and oxygen atoms in total. The van der Waals surface area contributed by atoms with Gasteiger partial charge in [0.15, 0.2) is 11.4 Å². The lowest BCUT2D eigenvalue weighted by Crippen LogP contribution is -2.40. The predicted molar refractivity (Wildman–Crippen MR) is 192 cm³/mol. The van der Waals surface area contributed by atoms with Gasteiger partial charge in [0.1, 0.15) is 17.3 Å². The highest BCUT2D eigenvalue weighted by Crippen LogP contribution is 2.54. The third-order valence-electron chi connectivity index (χ3n) is 9.94. The van der Waals surface area contributed by atoms with Crippen LogP contribution in [-0.4, -0.2) is 94.4 Å². The Hall–Kier alpha value is -4.80. The molecule has 2 aromatic heterocycles. The highest BCUT2D eigenvalue weighted by atomic mass is 32.2. The van der Waals surface area contributed by atoms with Gasteiger partial charge >= 0.3 is 5.97 Å². The van der Waals surface area contributed by atoms with Gasteiger partial charge < -0.3 is 29.3 Å². The second-order valence-corrected chi connectivity index (χ2v) is 15.5. The van der Waals surface area contributed by atoms with Gasteiger partial charge in [0, 0.05) is 58.3 Å². The Balaban J connectivity index is 0.00000541. The molecule has 1 aliphatic carbocycles. The summed E-state index contributed by atoms with van der Waals surface area (Å²) in [6, 6.07) is 8.15. The number of ether oxygens (including phenoxy) is 3. The first kappa shape index (κ1) is 37.0. The normalized spacial score (nSPS) is 17.7. The van der Waals surface area contributed by atoms with Gasteiger partial charge in [-0.15, -0.1) is 0 Å². The van der Waals surface area contributed by atoms with Crippen LogP contribution < -0.4 is 28.9 Å². The van der Waals surface area contributed by atoms with Crippen molar-refractivity contribution in [2.24, 2.45) is 5.41 Å². The summed E-state index contributed by atoms with van der Waals surface area (Å²) in [5, 5.41) is 2.81. The molecule has 6 rings (SSSR count). The first-order valence-corrected chi connectivity index (χ1v) is 18.7. The number of methoxy groups -OCH3 is 3. The average molecular weight is 746 g/mol. The van der Waals surface area contributed by atoms with Crippen molar-refractivity contribution in [1.82, 2.24) is 15.0 Å². The zero-order valence-electron chi connectivity index (χ0n) is 29.7. The van der Waals surface area contributed by atoms with E-state index in [2.05, 4.69) is 20.3 Å². The van der Waals surface area contributed by atoms with Crippen LogP contribution in [0.15, 0.2) is 36.5 Å². The molecule has 282 valence electrons. The summed E-state index contributed by atoms with van der Waals surface area (Å²) in [6.45, 7) is 2.92. The molecule has 3 fully saturated rings. The van der Waals surface area contributed by atoms with Crippen molar-refractivity contribution in [2.45, 2.75) is 57.9 Å². The van der Waals surface area contributed by atoms with Gasteiger partial charge in [0.25, 0.3) is 11.8 Å². The third kappa shape index (κ3) is 8.45. The van der Waals surface area contributed by atoms with E-state index < -0.39 is 33.6 Å². The van der Waals surface area contributed by atoms with E-state index in [0.717, 1.165) is 37.1 Å². The molecule has 2 aliphatic heterocycles. The zero-order valence-corrected chi connectivity index (χ0v) is 30.5. The van der Waals surface area contributed by atoms with Crippen LogP contribution in [0.2, 0.25) is 0 Å². The second kappa shape index (κ2) is 14.7. The third-order valence-corrected chi connectivity index (χ3v) is 11.6. The number of esters is 1. The van der Waals surface area contributed by atoms with Crippen molar-refractivity contribution in [3.05, 3.63) is 53.5 Å². The van der Waals surface area contributed by atoms with Crippen LogP contribution in [0.1, 0.15) is 61.7 Å². The molecule has 0 atom stereocenters. The molecule has 17 heteroatoms. The number of alkyl halides is 2. The quantitative estimate of drug-likeness (QED) is 0.253. The van der Waals surface area contributed by atoms with Crippen molar-refractivity contribution in [1.29, 1.82) is 0 Å². The van der Waals surface area contributed by atoms with E-state index in [0.29, 0.717) is 46.9 Å². The van der Waals surface area contributed by atoms with E-state index in [1.165, 1.54) is 20.4 Å². The van der Waals surface area contributed by atoms with Gasteiger partial charge in [0.2, 0.25) is 16.0 Å². The van der Waals surface area contributed by atoms with Gasteiger partial charge in [-0.2, -0.15) is 4.98 Å². The molecule has 3 aromatic rings. The number of sulfonamides is 1. The molecule has 1 amide bonds. The molecular weight excluding hydrogens is 700 g/mol. The summed E-state index contributed by atoms with van der Waals surface area (Å²) in [7, 11) is -0.272. The Labute approximate surface area is 303 Å². The minimum Gasteiger partial charge on any atom is -0.497 e. The Morgan fingerprint density at radius 1 is 0.904 bits per heavy atom. The molecule has 4 heterocycles. The lowest BCUT2D eigenvalue weighted by atomic mass is 9.93. The maximum absolute atomic E-state index is 14.0. The Morgan fingerprint density at radius 2 is 1.54 bits per heavy atom. The number of piperidine rings is 2. The molecule has 0 radical (unpaired) electrons. The van der Waals surface area contributed by atoms with E-state index in [1.54, 1.807) is 42.2 Å². The van der Waals surface area contributed by atoms with Crippen LogP contribution in [0.3, 0.4) is 0 Å². The molecule has 0 unspecified atom stereocenters. The number of nitrogens with zero attached hydrogens (tertiary/aromatic N) is 6. The minimum atomic E-state index is -4.34. The molecule has 1 saturated carbocycles. The number of aromatic nitrogens is 3. The van der Waals surface area contributed by atoms with Crippen LogP contribution in [0.5, 0.6) is 11.5 Å². The SMILES string of the molecule is COC(=O)CS(=O)(=O)N(Cc1cc(OC)cc(OC)c1)c1cnc(C(=O)Nc2cc(C)nc(N3CCC(F)(F)CC3)n2)c(N2CCC3(CC2)CC3)c1.[HH]. The number of carbonyl (C=O) groups is 2. The fourth-order valence-electron chi connectivity index (χ4n) is 6.62. The summed E-state index contributed by atoms with van der Waals surface area (Å²) in [5.74, 6) is -3.92. The van der Waals surface area contributed by atoms with Gasteiger partial charge in [0.05, 0.1) is 45.4 Å². The maximum Gasteiger partial charge on any atom is 0.322 e. The monoisotopic (exact) mass is 745 g/mol. The maximum atomic E-state index is 14.0. The van der Waals surface area contributed by atoms with Gasteiger partial charge in [-0.25, -0.2) is 27.2 Å². The standard InChI is InChI=1S/C35H43F2N7O7S.H2/c1-23-15-29(41-33(39-23)43-13-9-35(36,37)10-14-43)40-32(46)31-28(42-11-7-34(5-6-34)8-12-42)18-25(20-38-31)44(52(47,48)22-30(45)51-4)21-24-16-26(49-2)19-27(17-24)50-3;/h15-20H,5-14,21-22H2,1-4H3,(H,39,40,41,46);1H. The fourth-order valence-corrected chi connectivity index (χ4v) is 7.96. The number of rotatable bonds is 12. The number of anilines is 4. The number of benzene rings is 1. The van der Waals surface area contributed by atoms with Crippen LogP contribution in [0, 0.1) is 12.3 Å². The predicted octanol–water partition coefficient (Wildman–Crippen LogP) is 4.82. The second-order valence-electron chi connectivity index (χ2n) is 13.6. The van der Waals surface area contributed by atoms with Crippen molar-refractivity contribution < 1.29 is 42.4 Å². The van der Waals surface area contributed by atoms with E-state index in [4.69, 9.17) is 14.2 Å². The molecule has 3 aliphatic rings. The Morgan fingerprint density at radius 3 is 2.13 bits per heavy atom. The summed E-state index contributed by atoms with van der Waals surface area (Å²) in [4.78, 5) is 43.4. The number of carbonyl (C=O) groups excluding carboxylic acids is 2. The number of hydrogen-bond donors (Lipinski definition) is 1. The zero-order chi connectivity index (χ0) is 37.3. The van der Waals surface area contributed by atoms with Gasteiger partial charge in [-0.3, -0.25) is 13.9 Å². The number of nitrogens with one attached hydrogen (secondary N) is 1. The van der Waals surface area contributed by atoms with Gasteiger partial charge in [-0.05, 0) is 61.8 Å². The summed E-state index contributed by atoms with van der Waals surface area (Å²) >= 11 is 0. The van der Waals surface area contributed by atoms with Crippen LogP contribution >= 0.6 is 0 Å². The number of amides is 1. The van der Waals surface area contributed by atoms with Gasteiger partial charge in [-0.1, -0.05) is 0 Å². The van der Waals surface area contributed by atoms with Crippen LogP contribution in [0.25, 0.3) is 0 Å².